The minimum Gasteiger partial charge on any atom is -0.383 e. The lowest BCUT2D eigenvalue weighted by Gasteiger charge is -2.07. The predicted octanol–water partition coefficient (Wildman–Crippen LogP) is 2.19. The van der Waals surface area contributed by atoms with Crippen LogP contribution in [0.15, 0.2) is 12.3 Å². The van der Waals surface area contributed by atoms with Crippen LogP contribution in [0.3, 0.4) is 0 Å². The molecular formula is C14H19ClN4O2. The molecule has 21 heavy (non-hydrogen) atoms. The zero-order valence-corrected chi connectivity index (χ0v) is 13.2. The third kappa shape index (κ3) is 3.16. The lowest BCUT2D eigenvalue weighted by atomic mass is 10.2. The average Bonchev–Trinajstić information content (AvgIpc) is 3.07. The van der Waals surface area contributed by atoms with Gasteiger partial charge >= 0.3 is 0 Å². The van der Waals surface area contributed by atoms with Crippen molar-refractivity contribution in [3.05, 3.63) is 34.4 Å². The van der Waals surface area contributed by atoms with Crippen molar-refractivity contribution in [1.29, 1.82) is 0 Å². The molecule has 0 aliphatic carbocycles. The van der Waals surface area contributed by atoms with Crippen LogP contribution in [0, 0.1) is 0 Å². The van der Waals surface area contributed by atoms with E-state index in [-0.39, 0.29) is 5.78 Å². The maximum Gasteiger partial charge on any atom is 0.230 e. The molecule has 0 N–H and O–H groups in total. The number of halogens is 1. The zero-order chi connectivity index (χ0) is 15.4. The first-order chi connectivity index (χ1) is 10.1. The SMILES string of the molecule is CCc1cc(C(=O)c2c(Cl)cnn2CCOC)n(CC)n1. The largest absolute Gasteiger partial charge is 0.383 e. The highest BCUT2D eigenvalue weighted by molar-refractivity contribution is 6.34. The molecule has 0 atom stereocenters. The summed E-state index contributed by atoms with van der Waals surface area (Å²) >= 11 is 6.13. The fourth-order valence-electron chi connectivity index (χ4n) is 2.12. The summed E-state index contributed by atoms with van der Waals surface area (Å²) in [6.07, 6.45) is 2.27. The van der Waals surface area contributed by atoms with Crippen molar-refractivity contribution >= 4 is 17.4 Å². The second-order valence-corrected chi connectivity index (χ2v) is 4.98. The molecule has 0 spiro atoms. The summed E-state index contributed by atoms with van der Waals surface area (Å²) in [7, 11) is 1.60. The maximum absolute atomic E-state index is 12.8. The van der Waals surface area contributed by atoms with E-state index in [0.717, 1.165) is 12.1 Å². The van der Waals surface area contributed by atoms with Gasteiger partial charge in [-0.05, 0) is 19.4 Å². The average molecular weight is 311 g/mol. The Bertz CT molecular complexity index is 633. The molecule has 2 rings (SSSR count). The molecule has 7 heteroatoms. The Hall–Kier alpha value is -1.66. The summed E-state index contributed by atoms with van der Waals surface area (Å²) in [5.41, 5.74) is 1.81. The van der Waals surface area contributed by atoms with Crippen molar-refractivity contribution in [2.45, 2.75) is 33.4 Å². The number of ketones is 1. The summed E-state index contributed by atoms with van der Waals surface area (Å²) in [6, 6.07) is 1.82. The van der Waals surface area contributed by atoms with Crippen molar-refractivity contribution in [3.63, 3.8) is 0 Å². The monoisotopic (exact) mass is 310 g/mol. The summed E-state index contributed by atoms with van der Waals surface area (Å²) in [5.74, 6) is -0.164. The molecule has 0 saturated heterocycles. The van der Waals surface area contributed by atoms with E-state index >= 15 is 0 Å². The van der Waals surface area contributed by atoms with Crippen LogP contribution in [0.1, 0.15) is 35.7 Å². The number of methoxy groups -OCH3 is 1. The van der Waals surface area contributed by atoms with Gasteiger partial charge in [0.05, 0.1) is 30.1 Å². The number of ether oxygens (including phenoxy) is 1. The van der Waals surface area contributed by atoms with Gasteiger partial charge in [0.1, 0.15) is 11.4 Å². The summed E-state index contributed by atoms with van der Waals surface area (Å²) in [5, 5.41) is 8.88. The first-order valence-electron chi connectivity index (χ1n) is 6.94. The standard InChI is InChI=1S/C14H19ClN4O2/c1-4-10-8-12(18(5-2)17-10)14(20)13-11(15)9-16-19(13)6-7-21-3/h8-9H,4-7H2,1-3H3. The highest BCUT2D eigenvalue weighted by atomic mass is 35.5. The molecule has 114 valence electrons. The quantitative estimate of drug-likeness (QED) is 0.735. The molecule has 0 aliphatic heterocycles. The fraction of sp³-hybridized carbons (Fsp3) is 0.500. The van der Waals surface area contributed by atoms with Crippen molar-refractivity contribution < 1.29 is 9.53 Å². The normalized spacial score (nSPS) is 11.0. The van der Waals surface area contributed by atoms with Crippen molar-refractivity contribution in [1.82, 2.24) is 19.6 Å². The molecule has 0 bridgehead atoms. The third-order valence-corrected chi connectivity index (χ3v) is 3.52. The number of carbonyl (C=O) groups is 1. The number of nitrogens with zero attached hydrogens (tertiary/aromatic N) is 4. The molecule has 0 aliphatic rings. The maximum atomic E-state index is 12.8. The smallest absolute Gasteiger partial charge is 0.230 e. The minimum atomic E-state index is -0.164. The van der Waals surface area contributed by atoms with E-state index in [9.17, 15) is 4.79 Å². The van der Waals surface area contributed by atoms with Gasteiger partial charge in [0.2, 0.25) is 5.78 Å². The highest BCUT2D eigenvalue weighted by Crippen LogP contribution is 2.20. The van der Waals surface area contributed by atoms with E-state index in [4.69, 9.17) is 16.3 Å². The molecule has 0 radical (unpaired) electrons. The van der Waals surface area contributed by atoms with Crippen LogP contribution in [0.5, 0.6) is 0 Å². The third-order valence-electron chi connectivity index (χ3n) is 3.24. The van der Waals surface area contributed by atoms with E-state index in [1.807, 2.05) is 19.9 Å². The van der Waals surface area contributed by atoms with Crippen LogP contribution in [-0.2, 0) is 24.2 Å². The Morgan fingerprint density at radius 2 is 2.14 bits per heavy atom. The highest BCUT2D eigenvalue weighted by Gasteiger charge is 2.23. The Kier molecular flexibility index (Phi) is 5.14. The van der Waals surface area contributed by atoms with Gasteiger partial charge in [0.15, 0.2) is 0 Å². The van der Waals surface area contributed by atoms with Gasteiger partial charge in [-0.2, -0.15) is 10.2 Å². The van der Waals surface area contributed by atoms with Crippen molar-refractivity contribution in [2.24, 2.45) is 0 Å². The van der Waals surface area contributed by atoms with E-state index in [2.05, 4.69) is 10.2 Å². The summed E-state index contributed by atoms with van der Waals surface area (Å²) < 4.78 is 8.30. The number of aromatic nitrogens is 4. The van der Waals surface area contributed by atoms with Gasteiger partial charge in [-0.1, -0.05) is 18.5 Å². The molecule has 2 heterocycles. The summed E-state index contributed by atoms with van der Waals surface area (Å²) in [4.78, 5) is 12.8. The second-order valence-electron chi connectivity index (χ2n) is 4.58. The van der Waals surface area contributed by atoms with Crippen LogP contribution in [-0.4, -0.2) is 39.1 Å². The summed E-state index contributed by atoms with van der Waals surface area (Å²) in [6.45, 7) is 5.53. The molecular weight excluding hydrogens is 292 g/mol. The van der Waals surface area contributed by atoms with Gasteiger partial charge in [-0.3, -0.25) is 14.2 Å². The molecule has 2 aromatic rings. The molecule has 0 fully saturated rings. The van der Waals surface area contributed by atoms with Crippen molar-refractivity contribution in [2.75, 3.05) is 13.7 Å². The molecule has 0 saturated carbocycles. The number of hydrogen-bond acceptors (Lipinski definition) is 4. The van der Waals surface area contributed by atoms with Crippen LogP contribution in [0.25, 0.3) is 0 Å². The Morgan fingerprint density at radius 3 is 2.76 bits per heavy atom. The molecule has 0 amide bonds. The van der Waals surface area contributed by atoms with Crippen LogP contribution in [0.4, 0.5) is 0 Å². The van der Waals surface area contributed by atoms with E-state index in [1.165, 1.54) is 6.20 Å². The van der Waals surface area contributed by atoms with Crippen LogP contribution >= 0.6 is 11.6 Å². The molecule has 6 nitrogen and oxygen atoms in total. The van der Waals surface area contributed by atoms with Gasteiger partial charge in [0, 0.05) is 13.7 Å². The Morgan fingerprint density at radius 1 is 1.38 bits per heavy atom. The molecule has 0 unspecified atom stereocenters. The lowest BCUT2D eigenvalue weighted by molar-refractivity contribution is 0.101. The lowest BCUT2D eigenvalue weighted by Crippen LogP contribution is -2.17. The number of rotatable bonds is 7. The fourth-order valence-corrected chi connectivity index (χ4v) is 2.35. The number of hydrogen-bond donors (Lipinski definition) is 0. The van der Waals surface area contributed by atoms with Gasteiger partial charge in [0.25, 0.3) is 0 Å². The zero-order valence-electron chi connectivity index (χ0n) is 12.5. The minimum absolute atomic E-state index is 0.164. The van der Waals surface area contributed by atoms with Crippen LogP contribution in [0.2, 0.25) is 5.02 Å². The Balaban J connectivity index is 2.40. The first kappa shape index (κ1) is 15.7. The Labute approximate surface area is 128 Å². The number of aryl methyl sites for hydroxylation is 2. The topological polar surface area (TPSA) is 61.9 Å². The predicted molar refractivity (Wildman–Crippen MR) is 79.8 cm³/mol. The van der Waals surface area contributed by atoms with Crippen molar-refractivity contribution in [3.8, 4) is 0 Å². The molecule has 0 aromatic carbocycles. The van der Waals surface area contributed by atoms with E-state index < -0.39 is 0 Å². The van der Waals surface area contributed by atoms with Gasteiger partial charge < -0.3 is 4.74 Å². The van der Waals surface area contributed by atoms with E-state index in [0.29, 0.717) is 36.1 Å². The second kappa shape index (κ2) is 6.87. The first-order valence-corrected chi connectivity index (χ1v) is 7.31. The number of carbonyl (C=O) groups excluding carboxylic acids is 1. The van der Waals surface area contributed by atoms with Gasteiger partial charge in [-0.15, -0.1) is 0 Å². The van der Waals surface area contributed by atoms with Crippen LogP contribution < -0.4 is 0 Å². The van der Waals surface area contributed by atoms with Gasteiger partial charge in [-0.25, -0.2) is 0 Å². The molecule has 2 aromatic heterocycles. The van der Waals surface area contributed by atoms with E-state index in [1.54, 1.807) is 16.5 Å².